The van der Waals surface area contributed by atoms with Gasteiger partial charge in [0.1, 0.15) is 29.7 Å². The topological polar surface area (TPSA) is 167 Å². The minimum Gasteiger partial charge on any atom is -0.481 e. The van der Waals surface area contributed by atoms with Crippen LogP contribution in [0.25, 0.3) is 0 Å². The highest BCUT2D eigenvalue weighted by Gasteiger charge is 2.44. The molecule has 0 aliphatic carbocycles. The number of cyclic esters (lactones) is 1. The number of halogens is 1. The number of hydrogen-bond acceptors (Lipinski definition) is 9. The SMILES string of the molecule is CC(C)C[C@H]1NC(=O)c2ccc(F)cc2OCC(=O)OCCCCCCCCNC(=O)[C@H](Cc2cccnc2)N(C)C(=O)[C@H]2C[C@H](O)CN2C1=O. The second-order valence-electron chi connectivity index (χ2n) is 13.6. The summed E-state index contributed by atoms with van der Waals surface area (Å²) in [4.78, 5) is 74.7. The minimum atomic E-state index is -1.13. The first-order valence-electron chi connectivity index (χ1n) is 17.7. The van der Waals surface area contributed by atoms with Gasteiger partial charge in [-0.15, -0.1) is 0 Å². The van der Waals surface area contributed by atoms with Crippen molar-refractivity contribution in [2.24, 2.45) is 5.92 Å². The Morgan fingerprint density at radius 1 is 1.00 bits per heavy atom. The largest absolute Gasteiger partial charge is 0.481 e. The van der Waals surface area contributed by atoms with E-state index in [1.807, 2.05) is 19.9 Å². The lowest BCUT2D eigenvalue weighted by Gasteiger charge is -2.34. The highest BCUT2D eigenvalue weighted by molar-refractivity contribution is 6.00. The van der Waals surface area contributed by atoms with Crippen molar-refractivity contribution < 1.29 is 42.9 Å². The molecule has 1 aromatic heterocycles. The van der Waals surface area contributed by atoms with Crippen molar-refractivity contribution in [3.63, 3.8) is 0 Å². The fourth-order valence-corrected chi connectivity index (χ4v) is 6.39. The number of rotatable bonds is 4. The van der Waals surface area contributed by atoms with E-state index in [-0.39, 0.29) is 55.6 Å². The molecule has 2 aliphatic rings. The van der Waals surface area contributed by atoms with Crippen molar-refractivity contribution in [3.8, 4) is 5.75 Å². The first kappa shape index (κ1) is 39.2. The van der Waals surface area contributed by atoms with E-state index < -0.39 is 60.3 Å². The fourth-order valence-electron chi connectivity index (χ4n) is 6.39. The smallest absolute Gasteiger partial charge is 0.344 e. The van der Waals surface area contributed by atoms with Gasteiger partial charge in [0.05, 0.1) is 18.3 Å². The van der Waals surface area contributed by atoms with Gasteiger partial charge in [0.15, 0.2) is 6.61 Å². The summed E-state index contributed by atoms with van der Waals surface area (Å²) < 4.78 is 25.0. The van der Waals surface area contributed by atoms with Crippen LogP contribution in [0.2, 0.25) is 0 Å². The lowest BCUT2D eigenvalue weighted by molar-refractivity contribution is -0.147. The number of carbonyl (C=O) groups excluding carboxylic acids is 5. The van der Waals surface area contributed by atoms with Gasteiger partial charge in [0.2, 0.25) is 17.7 Å². The summed E-state index contributed by atoms with van der Waals surface area (Å²) in [7, 11) is 1.51. The normalized spacial score (nSPS) is 24.0. The number of carbonyl (C=O) groups is 5. The molecule has 2 aromatic rings. The zero-order valence-electron chi connectivity index (χ0n) is 29.6. The number of fused-ring (bicyclic) bond motifs is 2. The Labute approximate surface area is 298 Å². The molecule has 1 fully saturated rings. The van der Waals surface area contributed by atoms with Crippen LogP contribution >= 0.6 is 0 Å². The average molecular weight is 712 g/mol. The van der Waals surface area contributed by atoms with E-state index in [1.54, 1.807) is 18.5 Å². The van der Waals surface area contributed by atoms with Gasteiger partial charge in [-0.2, -0.15) is 0 Å². The van der Waals surface area contributed by atoms with E-state index >= 15 is 0 Å². The van der Waals surface area contributed by atoms with Crippen LogP contribution < -0.4 is 15.4 Å². The van der Waals surface area contributed by atoms with Crippen molar-refractivity contribution in [2.75, 3.05) is 33.4 Å². The van der Waals surface area contributed by atoms with Gasteiger partial charge in [-0.25, -0.2) is 9.18 Å². The third-order valence-electron chi connectivity index (χ3n) is 9.09. The Morgan fingerprint density at radius 2 is 1.75 bits per heavy atom. The Hall–Kier alpha value is -4.59. The Balaban J connectivity index is 1.63. The molecule has 0 bridgehead atoms. The zero-order valence-corrected chi connectivity index (χ0v) is 29.6. The molecule has 3 N–H and O–H groups in total. The Bertz CT molecular complexity index is 1510. The van der Waals surface area contributed by atoms with Gasteiger partial charge in [0.25, 0.3) is 5.91 Å². The number of ether oxygens (including phenoxy) is 2. The number of pyridine rings is 1. The molecule has 13 nitrogen and oxygen atoms in total. The van der Waals surface area contributed by atoms with Crippen molar-refractivity contribution in [3.05, 3.63) is 59.7 Å². The zero-order chi connectivity index (χ0) is 36.9. The van der Waals surface area contributed by atoms with Crippen LogP contribution in [0.4, 0.5) is 4.39 Å². The molecule has 1 aromatic carbocycles. The number of aliphatic hydroxyl groups is 1. The second kappa shape index (κ2) is 19.1. The molecule has 3 heterocycles. The number of aromatic nitrogens is 1. The van der Waals surface area contributed by atoms with Gasteiger partial charge < -0.3 is 35.0 Å². The van der Waals surface area contributed by atoms with Gasteiger partial charge in [-0.05, 0) is 48.9 Å². The molecule has 51 heavy (non-hydrogen) atoms. The molecule has 1 saturated heterocycles. The monoisotopic (exact) mass is 711 g/mol. The first-order valence-corrected chi connectivity index (χ1v) is 17.7. The maximum atomic E-state index is 14.3. The highest BCUT2D eigenvalue weighted by atomic mass is 19.1. The molecule has 4 amide bonds. The predicted molar refractivity (Wildman–Crippen MR) is 185 cm³/mol. The molecule has 2 aliphatic heterocycles. The van der Waals surface area contributed by atoms with Gasteiger partial charge >= 0.3 is 5.97 Å². The molecule has 0 radical (unpaired) electrons. The Morgan fingerprint density at radius 3 is 2.47 bits per heavy atom. The maximum absolute atomic E-state index is 14.3. The summed E-state index contributed by atoms with van der Waals surface area (Å²) in [5.74, 6) is -3.86. The molecule has 0 spiro atoms. The van der Waals surface area contributed by atoms with Crippen LogP contribution in [-0.2, 0) is 30.3 Å². The fraction of sp³-hybridized carbons (Fsp3) is 0.568. The standard InChI is InChI=1S/C37H50FN5O8/c1-24(2)17-29-36(48)43-22-27(44)20-31(43)37(49)42(3)30(18-25-11-10-14-39-21-25)35(47)40-15-8-6-4-5-7-9-16-50-33(45)23-51-32-19-26(38)12-13-28(32)34(46)41-29/h10-14,19,21,24,27,29-31,44H,4-9,15-18,20,22-23H2,1-3H3,(H,40,47)(H,41,46)/t27-,29+,30-,31+/m0/s1. The van der Waals surface area contributed by atoms with Crippen LogP contribution in [-0.4, -0.2) is 107 Å². The third kappa shape index (κ3) is 11.5. The lowest BCUT2D eigenvalue weighted by Crippen LogP contribution is -2.57. The predicted octanol–water partition coefficient (Wildman–Crippen LogP) is 2.79. The van der Waals surface area contributed by atoms with Crippen LogP contribution in [0.1, 0.15) is 81.1 Å². The van der Waals surface area contributed by atoms with Crippen molar-refractivity contribution in [1.29, 1.82) is 0 Å². The van der Waals surface area contributed by atoms with Crippen molar-refractivity contribution >= 4 is 29.6 Å². The molecular weight excluding hydrogens is 661 g/mol. The van der Waals surface area contributed by atoms with Gasteiger partial charge in [-0.1, -0.05) is 45.6 Å². The van der Waals surface area contributed by atoms with E-state index in [2.05, 4.69) is 15.6 Å². The van der Waals surface area contributed by atoms with Crippen LogP contribution in [0, 0.1) is 11.7 Å². The number of amides is 4. The quantitative estimate of drug-likeness (QED) is 0.404. The van der Waals surface area contributed by atoms with Crippen molar-refractivity contribution in [2.45, 2.75) is 95.9 Å². The number of aliphatic hydroxyl groups excluding tert-OH is 1. The number of esters is 1. The Kier molecular flexibility index (Phi) is 14.7. The second-order valence-corrected chi connectivity index (χ2v) is 13.6. The number of nitrogens with zero attached hydrogens (tertiary/aromatic N) is 3. The maximum Gasteiger partial charge on any atom is 0.344 e. The van der Waals surface area contributed by atoms with E-state index in [0.717, 1.165) is 49.8 Å². The average Bonchev–Trinajstić information content (AvgIpc) is 3.50. The van der Waals surface area contributed by atoms with Gasteiger partial charge in [-0.3, -0.25) is 24.2 Å². The summed E-state index contributed by atoms with van der Waals surface area (Å²) in [6.07, 6.45) is 7.46. The number of likely N-dealkylation sites (N-methyl/N-ethyl adjacent to an activating group) is 1. The number of hydrogen-bond donors (Lipinski definition) is 3. The molecule has 0 saturated carbocycles. The van der Waals surface area contributed by atoms with Crippen LogP contribution in [0.3, 0.4) is 0 Å². The summed E-state index contributed by atoms with van der Waals surface area (Å²) in [5, 5.41) is 16.4. The highest BCUT2D eigenvalue weighted by Crippen LogP contribution is 2.25. The minimum absolute atomic E-state index is 0.0511. The first-order chi connectivity index (χ1) is 24.4. The van der Waals surface area contributed by atoms with E-state index in [0.29, 0.717) is 13.0 Å². The summed E-state index contributed by atoms with van der Waals surface area (Å²) in [5.41, 5.74) is 0.643. The van der Waals surface area contributed by atoms with Crippen molar-refractivity contribution in [1.82, 2.24) is 25.4 Å². The molecule has 14 heteroatoms. The summed E-state index contributed by atoms with van der Waals surface area (Å²) in [6.45, 7) is 3.63. The third-order valence-corrected chi connectivity index (χ3v) is 9.09. The van der Waals surface area contributed by atoms with Crippen LogP contribution in [0.15, 0.2) is 42.7 Å². The summed E-state index contributed by atoms with van der Waals surface area (Å²) >= 11 is 0. The lowest BCUT2D eigenvalue weighted by atomic mass is 10.0. The number of benzene rings is 1. The van der Waals surface area contributed by atoms with E-state index in [4.69, 9.17) is 9.47 Å². The molecule has 4 rings (SSSR count). The molecular formula is C37H50FN5O8. The molecule has 4 atom stereocenters. The van der Waals surface area contributed by atoms with Crippen LogP contribution in [0.5, 0.6) is 5.75 Å². The van der Waals surface area contributed by atoms with Gasteiger partial charge in [0, 0.05) is 51.4 Å². The molecule has 278 valence electrons. The van der Waals surface area contributed by atoms with E-state index in [1.165, 1.54) is 22.9 Å². The molecule has 0 unspecified atom stereocenters. The summed E-state index contributed by atoms with van der Waals surface area (Å²) in [6, 6.07) is 3.66. The number of nitrogens with one attached hydrogen (secondary N) is 2. The van der Waals surface area contributed by atoms with E-state index in [9.17, 15) is 33.5 Å².